The number of carbonyl (C=O) groups is 2. The Morgan fingerprint density at radius 3 is 2.00 bits per heavy atom. The van der Waals surface area contributed by atoms with Crippen molar-refractivity contribution in [3.05, 3.63) is 132 Å². The maximum Gasteiger partial charge on any atom is 0.434 e. The number of carbonyl (C=O) groups excluding carboxylic acids is 2. The van der Waals surface area contributed by atoms with Gasteiger partial charge in [-0.15, -0.1) is 0 Å². The third-order valence-electron chi connectivity index (χ3n) is 19.4. The van der Waals surface area contributed by atoms with Crippen LogP contribution in [0, 0.1) is 23.5 Å². The molecular weight excluding hydrogens is 1180 g/mol. The molecule has 6 saturated heterocycles. The number of fused-ring (bicyclic) bond motifs is 6. The molecule has 6 atom stereocenters. The number of hydrogen-bond acceptors (Lipinski definition) is 13. The molecule has 0 radical (unpaired) electrons. The molecule has 2 amide bonds. The first-order valence-electron chi connectivity index (χ1n) is 30.3. The standard InChI is InChI=1S/C67H65Cl2F4N12O4/c1-5-52(86)83-32-40(33-83)30-81(4)62-48-28-75-58(46-16-7-12-42-14-9-18-50(69)54(42)46)56(73)60(48)77-65(79-62)89-37-67-22-19-51(85(67)35-44(71)26-67)38(2)63(87)82-24-20-39(31-82)29-80(3)61-47-27-74-57(45-15-6-11-41-13-8-17-49(68)53(41)45)55(72)59(47)76-64(78-61)88-36-66-21-10-23-84(66)34-43(70)25-66/h5-9,11-18,27-29,39-40,43-44,51H,1-2,10,19-26,30-37H2,3-4H3/q+1/t39?,43-,44-,51?,66+,67+/m0/s1. The highest BCUT2D eigenvalue weighted by Gasteiger charge is 2.55. The predicted octanol–water partition coefficient (Wildman–Crippen LogP) is 11.4. The smallest absolute Gasteiger partial charge is 0.434 e. The average molecular weight is 1250 g/mol. The number of nitrogens with zero attached hydrogens (tertiary/aromatic N) is 12. The molecule has 2 unspecified atom stereocenters. The zero-order valence-electron chi connectivity index (χ0n) is 49.3. The number of pyridine rings is 2. The van der Waals surface area contributed by atoms with Gasteiger partial charge in [-0.2, -0.15) is 15.0 Å². The van der Waals surface area contributed by atoms with Crippen molar-refractivity contribution in [2.24, 2.45) is 11.8 Å². The molecule has 0 aliphatic carbocycles. The van der Waals surface area contributed by atoms with Crippen molar-refractivity contribution in [2.45, 2.75) is 74.4 Å². The summed E-state index contributed by atoms with van der Waals surface area (Å²) in [5, 5.41) is 4.49. The van der Waals surface area contributed by atoms with Crippen LogP contribution in [-0.2, 0) is 9.59 Å². The lowest BCUT2D eigenvalue weighted by Crippen LogP contribution is -2.53. The second kappa shape index (κ2) is 23.2. The van der Waals surface area contributed by atoms with Crippen molar-refractivity contribution in [3.63, 3.8) is 0 Å². The molecule has 10 heterocycles. The molecule has 0 bridgehead atoms. The molecule has 6 aliphatic heterocycles. The van der Waals surface area contributed by atoms with Crippen LogP contribution in [0.15, 0.2) is 110 Å². The van der Waals surface area contributed by atoms with Crippen molar-refractivity contribution in [2.75, 3.05) is 84.6 Å². The second-order valence-corrected chi connectivity index (χ2v) is 25.8. The van der Waals surface area contributed by atoms with Crippen LogP contribution in [0.5, 0.6) is 12.0 Å². The molecule has 458 valence electrons. The van der Waals surface area contributed by atoms with Crippen LogP contribution in [0.2, 0.25) is 10.0 Å². The van der Waals surface area contributed by atoms with Crippen LogP contribution >= 0.6 is 23.2 Å². The van der Waals surface area contributed by atoms with Crippen LogP contribution in [0.3, 0.4) is 0 Å². The molecule has 4 aromatic carbocycles. The molecule has 4 aromatic heterocycles. The second-order valence-electron chi connectivity index (χ2n) is 25.0. The molecule has 14 rings (SSSR count). The Labute approximate surface area is 521 Å². The Morgan fingerprint density at radius 2 is 1.34 bits per heavy atom. The minimum atomic E-state index is -1.23. The Kier molecular flexibility index (Phi) is 15.3. The van der Waals surface area contributed by atoms with Crippen LogP contribution < -0.4 is 14.4 Å². The van der Waals surface area contributed by atoms with Gasteiger partial charge in [-0.1, -0.05) is 97.0 Å². The number of rotatable bonds is 16. The van der Waals surface area contributed by atoms with E-state index in [-0.39, 0.29) is 84.3 Å². The van der Waals surface area contributed by atoms with E-state index in [2.05, 4.69) is 33.0 Å². The van der Waals surface area contributed by atoms with E-state index in [1.54, 1.807) is 51.0 Å². The number of aromatic nitrogens is 6. The largest absolute Gasteiger partial charge is 0.461 e. The van der Waals surface area contributed by atoms with Crippen molar-refractivity contribution in [3.8, 4) is 34.5 Å². The van der Waals surface area contributed by atoms with Gasteiger partial charge in [-0.25, -0.2) is 22.1 Å². The SMILES string of the molecule is C=CC(=O)N1CC(CN(C)c2nc(OC[C@]34CCC(C(=C)C(=O)N5CCC(C=[N+](C)c6nc(OC[C@]78CCCN7C[C@@H](F)C8)nc7c(F)c(-c8cccc9cccc(Cl)c89)ncc67)C5)N3C[C@@H](F)C4)nc3c(F)c(-c4cccc5cccc(Cl)c45)ncc23)C1. The van der Waals surface area contributed by atoms with Crippen molar-refractivity contribution < 1.29 is 41.2 Å². The number of likely N-dealkylation sites (tertiary alicyclic amines) is 2. The van der Waals surface area contributed by atoms with Crippen molar-refractivity contribution >= 4 is 96.2 Å². The number of hydrogen-bond donors (Lipinski definition) is 0. The summed E-state index contributed by atoms with van der Waals surface area (Å²) in [7, 11) is 3.64. The molecule has 0 N–H and O–H groups in total. The van der Waals surface area contributed by atoms with Gasteiger partial charge in [-0.3, -0.25) is 29.4 Å². The van der Waals surface area contributed by atoms with Crippen LogP contribution in [-0.4, -0.2) is 181 Å². The summed E-state index contributed by atoms with van der Waals surface area (Å²) >= 11 is 13.5. The van der Waals surface area contributed by atoms with E-state index in [0.29, 0.717) is 125 Å². The highest BCUT2D eigenvalue weighted by molar-refractivity contribution is 6.37. The third kappa shape index (κ3) is 10.5. The molecule has 0 spiro atoms. The highest BCUT2D eigenvalue weighted by Crippen LogP contribution is 2.47. The van der Waals surface area contributed by atoms with Gasteiger partial charge in [0.2, 0.25) is 5.91 Å². The quantitative estimate of drug-likeness (QED) is 0.0391. The number of amides is 2. The summed E-state index contributed by atoms with van der Waals surface area (Å²) in [6.45, 7) is 11.5. The zero-order chi connectivity index (χ0) is 61.6. The van der Waals surface area contributed by atoms with Gasteiger partial charge in [-0.05, 0) is 67.6 Å². The number of ether oxygens (including phenoxy) is 2. The average Bonchev–Trinajstić information content (AvgIpc) is 1.75. The summed E-state index contributed by atoms with van der Waals surface area (Å²) in [5.74, 6) is -1.13. The highest BCUT2D eigenvalue weighted by atomic mass is 35.5. The van der Waals surface area contributed by atoms with E-state index in [4.69, 9.17) is 47.6 Å². The van der Waals surface area contributed by atoms with E-state index >= 15 is 13.2 Å². The summed E-state index contributed by atoms with van der Waals surface area (Å²) < 4.78 is 80.2. The maximum atomic E-state index is 17.3. The fraction of sp³-hybridized carbons (Fsp3) is 0.388. The van der Waals surface area contributed by atoms with E-state index in [1.807, 2.05) is 78.6 Å². The first-order valence-corrected chi connectivity index (χ1v) is 31.1. The Morgan fingerprint density at radius 1 is 0.742 bits per heavy atom. The van der Waals surface area contributed by atoms with Crippen LogP contribution in [0.25, 0.3) is 65.9 Å². The molecule has 16 nitrogen and oxygen atoms in total. The Bertz CT molecular complexity index is 4260. The summed E-state index contributed by atoms with van der Waals surface area (Å²) in [6.07, 6.45) is 7.89. The van der Waals surface area contributed by atoms with Gasteiger partial charge in [0, 0.05) is 138 Å². The summed E-state index contributed by atoms with van der Waals surface area (Å²) in [4.78, 5) is 64.9. The topological polar surface area (TPSA) is 149 Å². The molecular formula is C67H65Cl2F4N12O4+. The number of benzene rings is 4. The van der Waals surface area contributed by atoms with E-state index in [9.17, 15) is 14.0 Å². The molecule has 0 saturated carbocycles. The molecule has 6 fully saturated rings. The number of alkyl halides is 2. The monoisotopic (exact) mass is 1250 g/mol. The summed E-state index contributed by atoms with van der Waals surface area (Å²) in [6, 6.07) is 21.3. The normalized spacial score (nSPS) is 23.8. The van der Waals surface area contributed by atoms with Gasteiger partial charge in [0.15, 0.2) is 11.6 Å². The van der Waals surface area contributed by atoms with Crippen molar-refractivity contribution in [1.82, 2.24) is 49.5 Å². The molecule has 89 heavy (non-hydrogen) atoms. The maximum absolute atomic E-state index is 17.3. The fourth-order valence-corrected chi connectivity index (χ4v) is 15.6. The van der Waals surface area contributed by atoms with Gasteiger partial charge in [0.1, 0.15) is 59.2 Å². The molecule has 8 aromatic rings. The molecule has 22 heteroatoms. The summed E-state index contributed by atoms with van der Waals surface area (Å²) in [5.41, 5.74) is 0.0347. The minimum absolute atomic E-state index is 0.00725. The lowest BCUT2D eigenvalue weighted by molar-refractivity contribution is -0.405. The lowest BCUT2D eigenvalue weighted by atomic mass is 9.94. The van der Waals surface area contributed by atoms with E-state index in [1.165, 1.54) is 6.08 Å². The predicted molar refractivity (Wildman–Crippen MR) is 336 cm³/mol. The van der Waals surface area contributed by atoms with Crippen LogP contribution in [0.1, 0.15) is 44.9 Å². The van der Waals surface area contributed by atoms with Gasteiger partial charge >= 0.3 is 17.8 Å². The van der Waals surface area contributed by atoms with Gasteiger partial charge < -0.3 is 24.2 Å². The zero-order valence-corrected chi connectivity index (χ0v) is 50.8. The Balaban J connectivity index is 0.710. The van der Waals surface area contributed by atoms with E-state index < -0.39 is 41.1 Å². The Hall–Kier alpha value is -7.91. The van der Waals surface area contributed by atoms with Crippen LogP contribution in [0.4, 0.5) is 29.2 Å². The number of halogens is 6. The fourth-order valence-electron chi connectivity index (χ4n) is 15.1. The first kappa shape index (κ1) is 58.8. The lowest BCUT2D eigenvalue weighted by Gasteiger charge is -2.40. The third-order valence-corrected chi connectivity index (χ3v) is 20.0. The first-order chi connectivity index (χ1) is 43.0. The van der Waals surface area contributed by atoms with Gasteiger partial charge in [0.05, 0.1) is 29.7 Å². The molecule has 6 aliphatic rings. The van der Waals surface area contributed by atoms with E-state index in [0.717, 1.165) is 30.2 Å². The van der Waals surface area contributed by atoms with Crippen molar-refractivity contribution in [1.29, 1.82) is 0 Å². The van der Waals surface area contributed by atoms with Gasteiger partial charge in [0.25, 0.3) is 5.91 Å². The minimum Gasteiger partial charge on any atom is -0.461 e. The number of anilines is 1.